The second-order valence-electron chi connectivity index (χ2n) is 5.61. The molecule has 0 atom stereocenters. The first-order chi connectivity index (χ1) is 10.8. The van der Waals surface area contributed by atoms with Gasteiger partial charge in [-0.25, -0.2) is 9.59 Å². The predicted molar refractivity (Wildman–Crippen MR) is 89.2 cm³/mol. The third-order valence-electron chi connectivity index (χ3n) is 3.59. The van der Waals surface area contributed by atoms with Gasteiger partial charge in [0, 0.05) is 25.9 Å². The van der Waals surface area contributed by atoms with Gasteiger partial charge in [0.1, 0.15) is 11.4 Å². The lowest BCUT2D eigenvalue weighted by Gasteiger charge is -2.28. The number of nitrogens with zero attached hydrogens (tertiary/aromatic N) is 1. The maximum Gasteiger partial charge on any atom is 0.410 e. The van der Waals surface area contributed by atoms with Crippen molar-refractivity contribution in [3.8, 4) is 0 Å². The molecule has 0 saturated heterocycles. The van der Waals surface area contributed by atoms with Crippen molar-refractivity contribution in [1.29, 1.82) is 0 Å². The van der Waals surface area contributed by atoms with Gasteiger partial charge in [0.25, 0.3) is 0 Å². The van der Waals surface area contributed by atoms with Crippen molar-refractivity contribution >= 4 is 12.1 Å². The molecule has 0 radical (unpaired) electrons. The van der Waals surface area contributed by atoms with Gasteiger partial charge >= 0.3 is 12.1 Å². The van der Waals surface area contributed by atoms with Crippen LogP contribution in [0.25, 0.3) is 0 Å². The molecule has 0 aliphatic carbocycles. The van der Waals surface area contributed by atoms with Crippen LogP contribution in [0.15, 0.2) is 24.5 Å². The molecule has 0 spiro atoms. The molecule has 0 unspecified atom stereocenters. The zero-order valence-corrected chi connectivity index (χ0v) is 14.7. The Hall–Kier alpha value is -1.98. The van der Waals surface area contributed by atoms with Crippen LogP contribution in [0.3, 0.4) is 0 Å². The molecular formula is C17H29NO5. The second kappa shape index (κ2) is 9.92. The standard InChI is InChI=1S/C15H25NO5.C2H4/c1-5-15(3,4)21-14(19)16-9-7-11(12(17)8-10-16)13(18)20-6-2;1-2/h17H,5-10H2,1-4H3;1-2H2. The van der Waals surface area contributed by atoms with Gasteiger partial charge in [-0.1, -0.05) is 6.92 Å². The number of ether oxygens (including phenoxy) is 2. The third kappa shape index (κ3) is 6.76. The average molecular weight is 327 g/mol. The van der Waals surface area contributed by atoms with E-state index in [2.05, 4.69) is 13.2 Å². The quantitative estimate of drug-likeness (QED) is 0.631. The number of hydrogen-bond acceptors (Lipinski definition) is 5. The molecule has 6 nitrogen and oxygen atoms in total. The number of aliphatic hydroxyl groups excluding tert-OH is 1. The van der Waals surface area contributed by atoms with E-state index in [0.29, 0.717) is 19.5 Å². The van der Waals surface area contributed by atoms with E-state index in [-0.39, 0.29) is 30.8 Å². The predicted octanol–water partition coefficient (Wildman–Crippen LogP) is 3.58. The second-order valence-corrected chi connectivity index (χ2v) is 5.61. The van der Waals surface area contributed by atoms with E-state index in [0.717, 1.165) is 0 Å². The number of amides is 1. The summed E-state index contributed by atoms with van der Waals surface area (Å²) in [6.07, 6.45) is 0.798. The molecule has 0 aromatic rings. The van der Waals surface area contributed by atoms with Crippen LogP contribution >= 0.6 is 0 Å². The van der Waals surface area contributed by atoms with E-state index in [1.807, 2.05) is 20.8 Å². The fourth-order valence-corrected chi connectivity index (χ4v) is 1.89. The Bertz CT molecular complexity index is 442. The van der Waals surface area contributed by atoms with Gasteiger partial charge in [-0.3, -0.25) is 0 Å². The molecular weight excluding hydrogens is 298 g/mol. The monoisotopic (exact) mass is 327 g/mol. The largest absolute Gasteiger partial charge is 0.512 e. The van der Waals surface area contributed by atoms with E-state index >= 15 is 0 Å². The van der Waals surface area contributed by atoms with Crippen LogP contribution < -0.4 is 0 Å². The number of hydrogen-bond donors (Lipinski definition) is 1. The number of carbonyl (C=O) groups is 2. The summed E-state index contributed by atoms with van der Waals surface area (Å²) in [6.45, 7) is 14.3. The Morgan fingerprint density at radius 2 is 1.78 bits per heavy atom. The van der Waals surface area contributed by atoms with Crippen LogP contribution in [0.5, 0.6) is 0 Å². The molecule has 1 rings (SSSR count). The van der Waals surface area contributed by atoms with E-state index in [1.54, 1.807) is 6.92 Å². The minimum Gasteiger partial charge on any atom is -0.512 e. The summed E-state index contributed by atoms with van der Waals surface area (Å²) in [5.74, 6) is -0.516. The highest BCUT2D eigenvalue weighted by atomic mass is 16.6. The summed E-state index contributed by atoms with van der Waals surface area (Å²) < 4.78 is 10.3. The Morgan fingerprint density at radius 1 is 1.22 bits per heavy atom. The van der Waals surface area contributed by atoms with E-state index in [1.165, 1.54) is 4.90 Å². The molecule has 1 heterocycles. The van der Waals surface area contributed by atoms with Crippen molar-refractivity contribution in [2.75, 3.05) is 19.7 Å². The Morgan fingerprint density at radius 3 is 2.30 bits per heavy atom. The first kappa shape index (κ1) is 21.0. The van der Waals surface area contributed by atoms with Gasteiger partial charge in [0.05, 0.1) is 12.2 Å². The highest BCUT2D eigenvalue weighted by Crippen LogP contribution is 2.21. The minimum absolute atomic E-state index is 0.00139. The molecule has 1 aliphatic rings. The van der Waals surface area contributed by atoms with Crippen LogP contribution in [-0.2, 0) is 14.3 Å². The van der Waals surface area contributed by atoms with Crippen molar-refractivity contribution in [1.82, 2.24) is 4.90 Å². The van der Waals surface area contributed by atoms with Gasteiger partial charge in [-0.05, 0) is 27.2 Å². The molecule has 0 fully saturated rings. The highest BCUT2D eigenvalue weighted by molar-refractivity contribution is 5.89. The number of rotatable bonds is 4. The summed E-state index contributed by atoms with van der Waals surface area (Å²) in [7, 11) is 0. The van der Waals surface area contributed by atoms with Crippen LogP contribution in [0.2, 0.25) is 0 Å². The topological polar surface area (TPSA) is 76.1 Å². The maximum atomic E-state index is 12.1. The van der Waals surface area contributed by atoms with Gasteiger partial charge in [0.15, 0.2) is 0 Å². The summed E-state index contributed by atoms with van der Waals surface area (Å²) in [5, 5.41) is 9.92. The lowest BCUT2D eigenvalue weighted by molar-refractivity contribution is -0.138. The molecule has 1 amide bonds. The fourth-order valence-electron chi connectivity index (χ4n) is 1.89. The molecule has 0 saturated carbocycles. The molecule has 132 valence electrons. The zero-order chi connectivity index (χ0) is 18.0. The van der Waals surface area contributed by atoms with E-state index in [9.17, 15) is 14.7 Å². The lowest BCUT2D eigenvalue weighted by Crippen LogP contribution is -2.38. The zero-order valence-electron chi connectivity index (χ0n) is 14.7. The summed E-state index contributed by atoms with van der Waals surface area (Å²) in [5.41, 5.74) is -0.273. The van der Waals surface area contributed by atoms with Crippen molar-refractivity contribution in [3.05, 3.63) is 24.5 Å². The van der Waals surface area contributed by atoms with Crippen LogP contribution in [0.1, 0.15) is 47.0 Å². The van der Waals surface area contributed by atoms with Gasteiger partial charge < -0.3 is 19.5 Å². The van der Waals surface area contributed by atoms with E-state index < -0.39 is 17.7 Å². The van der Waals surface area contributed by atoms with Crippen molar-refractivity contribution in [3.63, 3.8) is 0 Å². The van der Waals surface area contributed by atoms with Crippen molar-refractivity contribution in [2.24, 2.45) is 0 Å². The van der Waals surface area contributed by atoms with Crippen LogP contribution in [0, 0.1) is 0 Å². The lowest BCUT2D eigenvalue weighted by atomic mass is 10.1. The normalized spacial score (nSPS) is 15.2. The smallest absolute Gasteiger partial charge is 0.410 e. The first-order valence-electron chi connectivity index (χ1n) is 7.86. The van der Waals surface area contributed by atoms with Crippen molar-refractivity contribution in [2.45, 2.75) is 52.6 Å². The highest BCUT2D eigenvalue weighted by Gasteiger charge is 2.28. The Kier molecular flexibility index (Phi) is 9.07. The number of aliphatic hydroxyl groups is 1. The van der Waals surface area contributed by atoms with Gasteiger partial charge in [-0.2, -0.15) is 0 Å². The number of esters is 1. The van der Waals surface area contributed by atoms with Crippen LogP contribution in [-0.4, -0.2) is 47.4 Å². The molecule has 6 heteroatoms. The number of carbonyl (C=O) groups excluding carboxylic acids is 2. The maximum absolute atomic E-state index is 12.1. The Labute approximate surface area is 138 Å². The molecule has 1 N–H and O–H groups in total. The fraction of sp³-hybridized carbons (Fsp3) is 0.647. The molecule has 0 aromatic carbocycles. The Balaban J connectivity index is 0.00000232. The van der Waals surface area contributed by atoms with Crippen LogP contribution in [0.4, 0.5) is 4.79 Å². The van der Waals surface area contributed by atoms with Gasteiger partial charge in [-0.15, -0.1) is 13.2 Å². The van der Waals surface area contributed by atoms with Crippen molar-refractivity contribution < 1.29 is 24.2 Å². The van der Waals surface area contributed by atoms with E-state index in [4.69, 9.17) is 9.47 Å². The summed E-state index contributed by atoms with van der Waals surface area (Å²) in [4.78, 5) is 25.4. The molecule has 0 bridgehead atoms. The summed E-state index contributed by atoms with van der Waals surface area (Å²) in [6, 6.07) is 0. The molecule has 0 aromatic heterocycles. The summed E-state index contributed by atoms with van der Waals surface area (Å²) >= 11 is 0. The first-order valence-corrected chi connectivity index (χ1v) is 7.86. The SMILES string of the molecule is C=C.CCOC(=O)C1=C(O)CCN(C(=O)OC(C)(C)CC)CC1. The van der Waals surface area contributed by atoms with Gasteiger partial charge in [0.2, 0.25) is 0 Å². The minimum atomic E-state index is -0.525. The molecule has 23 heavy (non-hydrogen) atoms. The average Bonchev–Trinajstić information content (AvgIpc) is 2.71. The molecule has 1 aliphatic heterocycles. The third-order valence-corrected chi connectivity index (χ3v) is 3.59.